The molecule has 2 bridgehead atoms. The summed E-state index contributed by atoms with van der Waals surface area (Å²) in [4.78, 5) is 14.1. The number of carbonyl (C=O) groups excluding carboxylic acids is 1. The second kappa shape index (κ2) is 18.7. The lowest BCUT2D eigenvalue weighted by molar-refractivity contribution is -0.395. The van der Waals surface area contributed by atoms with Crippen molar-refractivity contribution >= 4 is 5.97 Å². The molecule has 1 spiro atoms. The summed E-state index contributed by atoms with van der Waals surface area (Å²) in [5, 5.41) is 136. The minimum Gasteiger partial charge on any atom is -0.432 e. The Morgan fingerprint density at radius 1 is 0.641 bits per heavy atom. The maximum absolute atomic E-state index is 14.1. The standard InChI is InChI=1S/C42H66O22/c1-16-10-41-8-5-18-17(4-3-7-40(18,2)39(56)63-37-32(55)29(52)26(49)22(12-44)59-37)19(41)6-9-42(16,15-41)64-38-34(62-35-30(53)24(47)20(46)14-57-35)33(27(50)23(13-45)60-38)61-36-31(54)28(51)25(48)21(11-43)58-36/h17-38,43-55H,1,3-15H2,2H3. The van der Waals surface area contributed by atoms with Crippen molar-refractivity contribution in [2.45, 2.75) is 187 Å². The number of ether oxygens (including phenoxy) is 8. The molecule has 0 aromatic heterocycles. The molecule has 8 fully saturated rings. The lowest BCUT2D eigenvalue weighted by atomic mass is 9.46. The zero-order valence-corrected chi connectivity index (χ0v) is 35.6. The monoisotopic (exact) mass is 922 g/mol. The highest BCUT2D eigenvalue weighted by atomic mass is 16.8. The Morgan fingerprint density at radius 2 is 1.20 bits per heavy atom. The van der Waals surface area contributed by atoms with Crippen LogP contribution in [0.3, 0.4) is 0 Å². The second-order valence-corrected chi connectivity index (χ2v) is 19.7. The van der Waals surface area contributed by atoms with Crippen LogP contribution in [-0.2, 0) is 42.7 Å². The van der Waals surface area contributed by atoms with E-state index in [0.29, 0.717) is 51.4 Å². The minimum absolute atomic E-state index is 0.0673. The predicted octanol–water partition coefficient (Wildman–Crippen LogP) is -4.86. The summed E-state index contributed by atoms with van der Waals surface area (Å²) in [5.41, 5.74) is -1.67. The maximum atomic E-state index is 14.1. The molecule has 4 aliphatic carbocycles. The molecule has 64 heavy (non-hydrogen) atoms. The van der Waals surface area contributed by atoms with Gasteiger partial charge in [-0.2, -0.15) is 0 Å². The van der Waals surface area contributed by atoms with Gasteiger partial charge in [0.2, 0.25) is 6.29 Å². The molecular weight excluding hydrogens is 856 g/mol. The number of rotatable bonds is 11. The largest absolute Gasteiger partial charge is 0.432 e. The van der Waals surface area contributed by atoms with Gasteiger partial charge in [-0.1, -0.05) is 13.0 Å². The number of carbonyl (C=O) groups is 1. The van der Waals surface area contributed by atoms with E-state index in [1.807, 2.05) is 6.92 Å². The Morgan fingerprint density at radius 3 is 1.86 bits per heavy atom. The molecule has 0 amide bonds. The molecule has 8 rings (SSSR count). The highest BCUT2D eigenvalue weighted by Crippen LogP contribution is 2.70. The van der Waals surface area contributed by atoms with Crippen molar-refractivity contribution in [1.29, 1.82) is 0 Å². The molecule has 22 heteroatoms. The van der Waals surface area contributed by atoms with E-state index in [1.165, 1.54) is 0 Å². The molecule has 13 N–H and O–H groups in total. The van der Waals surface area contributed by atoms with Gasteiger partial charge < -0.3 is 104 Å². The van der Waals surface area contributed by atoms with Crippen LogP contribution in [0.1, 0.15) is 64.7 Å². The first-order valence-corrected chi connectivity index (χ1v) is 22.4. The van der Waals surface area contributed by atoms with Crippen molar-refractivity contribution in [2.75, 3.05) is 26.4 Å². The average Bonchev–Trinajstić information content (AvgIpc) is 3.48. The fourth-order valence-corrected chi connectivity index (χ4v) is 12.5. The zero-order valence-electron chi connectivity index (χ0n) is 35.6. The number of aliphatic hydroxyl groups excluding tert-OH is 13. The van der Waals surface area contributed by atoms with Crippen LogP contribution in [0.2, 0.25) is 0 Å². The summed E-state index contributed by atoms with van der Waals surface area (Å²) in [6, 6.07) is 0. The smallest absolute Gasteiger partial charge is 0.314 e. The van der Waals surface area contributed by atoms with E-state index >= 15 is 0 Å². The molecule has 366 valence electrons. The number of fused-ring (bicyclic) bond motifs is 3. The van der Waals surface area contributed by atoms with Crippen molar-refractivity contribution in [3.05, 3.63) is 12.2 Å². The normalized spacial score (nSPS) is 54.2. The average molecular weight is 923 g/mol. The van der Waals surface area contributed by atoms with Gasteiger partial charge in [0, 0.05) is 0 Å². The van der Waals surface area contributed by atoms with Gasteiger partial charge in [0.15, 0.2) is 18.9 Å². The summed E-state index contributed by atoms with van der Waals surface area (Å²) < 4.78 is 47.9. The fourth-order valence-electron chi connectivity index (χ4n) is 12.5. The highest BCUT2D eigenvalue weighted by Gasteiger charge is 2.66. The first-order chi connectivity index (χ1) is 30.3. The van der Waals surface area contributed by atoms with E-state index < -0.39 is 160 Å². The molecule has 25 atom stereocenters. The van der Waals surface area contributed by atoms with Gasteiger partial charge in [-0.15, -0.1) is 0 Å². The molecule has 8 aliphatic rings. The van der Waals surface area contributed by atoms with Crippen LogP contribution < -0.4 is 0 Å². The highest BCUT2D eigenvalue weighted by molar-refractivity contribution is 5.77. The van der Waals surface area contributed by atoms with E-state index in [2.05, 4.69) is 6.58 Å². The van der Waals surface area contributed by atoms with Crippen molar-refractivity contribution in [2.24, 2.45) is 28.6 Å². The molecule has 25 unspecified atom stereocenters. The maximum Gasteiger partial charge on any atom is 0.314 e. The Balaban J connectivity index is 1.04. The molecule has 0 aromatic rings. The van der Waals surface area contributed by atoms with Crippen LogP contribution >= 0.6 is 0 Å². The van der Waals surface area contributed by atoms with Gasteiger partial charge in [-0.3, -0.25) is 4.79 Å². The van der Waals surface area contributed by atoms with Crippen molar-refractivity contribution in [1.82, 2.24) is 0 Å². The lowest BCUT2D eigenvalue weighted by Gasteiger charge is -2.59. The summed E-state index contributed by atoms with van der Waals surface area (Å²) >= 11 is 0. The quantitative estimate of drug-likeness (QED) is 0.0525. The van der Waals surface area contributed by atoms with Gasteiger partial charge in [0.1, 0.15) is 91.6 Å². The Labute approximate surface area is 368 Å². The third kappa shape index (κ3) is 8.29. The van der Waals surface area contributed by atoms with E-state index in [1.54, 1.807) is 0 Å². The van der Waals surface area contributed by atoms with E-state index in [0.717, 1.165) is 12.0 Å². The molecule has 4 saturated carbocycles. The van der Waals surface area contributed by atoms with Gasteiger partial charge >= 0.3 is 5.97 Å². The third-order valence-electron chi connectivity index (χ3n) is 16.1. The summed E-state index contributed by atoms with van der Waals surface area (Å²) in [6.07, 6.45) is -25.8. The van der Waals surface area contributed by atoms with Crippen molar-refractivity contribution < 1.29 is 109 Å². The molecule has 0 aromatic carbocycles. The Kier molecular flexibility index (Phi) is 14.3. The zero-order chi connectivity index (χ0) is 46.2. The topological polar surface area (TPSA) is 354 Å². The van der Waals surface area contributed by atoms with Crippen LogP contribution in [0.5, 0.6) is 0 Å². The molecule has 4 saturated heterocycles. The van der Waals surface area contributed by atoms with Crippen molar-refractivity contribution in [3.63, 3.8) is 0 Å². The van der Waals surface area contributed by atoms with Gasteiger partial charge in [-0.25, -0.2) is 0 Å². The Hall–Kier alpha value is -1.59. The van der Waals surface area contributed by atoms with Crippen LogP contribution in [0.4, 0.5) is 0 Å². The third-order valence-corrected chi connectivity index (χ3v) is 16.1. The SMILES string of the molecule is C=C1CC23CCC4C(CCCC4(C)C(=O)OC4OC(CO)C(O)C(O)C4O)C2CCC1(OC1OC(CO)C(O)C(OC2OC(CO)C(O)C(O)C2O)C1OC1OCC(O)C(O)C1O)C3. The Bertz CT molecular complexity index is 1660. The molecule has 22 nitrogen and oxygen atoms in total. The van der Waals surface area contributed by atoms with Crippen LogP contribution in [0.15, 0.2) is 12.2 Å². The summed E-state index contributed by atoms with van der Waals surface area (Å²) in [6.45, 7) is 3.65. The summed E-state index contributed by atoms with van der Waals surface area (Å²) in [7, 11) is 0. The van der Waals surface area contributed by atoms with Gasteiger partial charge in [0.25, 0.3) is 0 Å². The number of hydrogen-bond donors (Lipinski definition) is 13. The second-order valence-electron chi connectivity index (χ2n) is 19.7. The number of aliphatic hydroxyl groups is 13. The van der Waals surface area contributed by atoms with Gasteiger partial charge in [0.05, 0.1) is 37.4 Å². The molecule has 4 aliphatic heterocycles. The van der Waals surface area contributed by atoms with Crippen LogP contribution in [0.25, 0.3) is 0 Å². The van der Waals surface area contributed by atoms with Crippen molar-refractivity contribution in [3.8, 4) is 0 Å². The lowest BCUT2D eigenvalue weighted by Crippen LogP contribution is -2.67. The molecule has 0 radical (unpaired) electrons. The van der Waals surface area contributed by atoms with E-state index in [4.69, 9.17) is 37.9 Å². The van der Waals surface area contributed by atoms with Gasteiger partial charge in [-0.05, 0) is 87.0 Å². The van der Waals surface area contributed by atoms with Crippen LogP contribution in [-0.4, -0.2) is 221 Å². The number of esters is 1. The van der Waals surface area contributed by atoms with E-state index in [-0.39, 0.29) is 23.2 Å². The van der Waals surface area contributed by atoms with E-state index in [9.17, 15) is 71.2 Å². The molecule has 4 heterocycles. The predicted molar refractivity (Wildman–Crippen MR) is 208 cm³/mol. The summed E-state index contributed by atoms with van der Waals surface area (Å²) in [5.74, 6) is -0.562. The minimum atomic E-state index is -1.91. The van der Waals surface area contributed by atoms with Crippen LogP contribution in [0, 0.1) is 28.6 Å². The first kappa shape index (κ1) is 48.9. The molecular formula is C42H66O22. The fraction of sp³-hybridized carbons (Fsp3) is 0.929. The number of hydrogen-bond acceptors (Lipinski definition) is 22. The first-order valence-electron chi connectivity index (χ1n) is 22.4.